The van der Waals surface area contributed by atoms with Gasteiger partial charge in [0.05, 0.1) is 0 Å². The van der Waals surface area contributed by atoms with E-state index in [1.165, 1.54) is 24.9 Å². The standard InChI is InChI=1S/C21H28N6O/c1-17(28)25-11-13-27(14-12-25)21-15-20(22-16-23-21)24-18-5-7-19(8-6-18)26-9-3-2-4-10-26/h5-8,15-16H,2-4,9-14H2,1H3,(H,22,23,24). The lowest BCUT2D eigenvalue weighted by molar-refractivity contribution is -0.129. The monoisotopic (exact) mass is 380 g/mol. The smallest absolute Gasteiger partial charge is 0.219 e. The summed E-state index contributed by atoms with van der Waals surface area (Å²) in [4.78, 5) is 26.8. The predicted octanol–water partition coefficient (Wildman–Crippen LogP) is 2.88. The van der Waals surface area contributed by atoms with E-state index in [0.29, 0.717) is 0 Å². The fraction of sp³-hybridized carbons (Fsp3) is 0.476. The Morgan fingerprint density at radius 3 is 2.29 bits per heavy atom. The number of nitrogens with one attached hydrogen (secondary N) is 1. The number of benzene rings is 1. The molecule has 2 aliphatic rings. The van der Waals surface area contributed by atoms with Gasteiger partial charge >= 0.3 is 0 Å². The van der Waals surface area contributed by atoms with E-state index in [2.05, 4.69) is 49.4 Å². The Hall–Kier alpha value is -2.83. The molecule has 0 radical (unpaired) electrons. The number of rotatable bonds is 4. The molecule has 0 unspecified atom stereocenters. The van der Waals surface area contributed by atoms with Gasteiger partial charge in [-0.15, -0.1) is 0 Å². The van der Waals surface area contributed by atoms with Gasteiger partial charge in [0.25, 0.3) is 0 Å². The predicted molar refractivity (Wildman–Crippen MR) is 112 cm³/mol. The molecule has 0 aliphatic carbocycles. The maximum Gasteiger partial charge on any atom is 0.219 e. The summed E-state index contributed by atoms with van der Waals surface area (Å²) in [6.45, 7) is 6.98. The van der Waals surface area contributed by atoms with E-state index < -0.39 is 0 Å². The van der Waals surface area contributed by atoms with Gasteiger partial charge in [0, 0.05) is 63.6 Å². The van der Waals surface area contributed by atoms with Crippen molar-refractivity contribution in [3.05, 3.63) is 36.7 Å². The molecule has 7 heteroatoms. The maximum absolute atomic E-state index is 11.5. The Labute approximate surface area is 166 Å². The summed E-state index contributed by atoms with van der Waals surface area (Å²) < 4.78 is 0. The van der Waals surface area contributed by atoms with Gasteiger partial charge in [0.2, 0.25) is 5.91 Å². The topological polar surface area (TPSA) is 64.6 Å². The van der Waals surface area contributed by atoms with Gasteiger partial charge in [-0.1, -0.05) is 0 Å². The highest BCUT2D eigenvalue weighted by Gasteiger charge is 2.20. The molecule has 2 aromatic rings. The van der Waals surface area contributed by atoms with Crippen LogP contribution in [0.1, 0.15) is 26.2 Å². The average Bonchev–Trinajstić information content (AvgIpc) is 2.75. The van der Waals surface area contributed by atoms with Gasteiger partial charge in [0.1, 0.15) is 18.0 Å². The lowest BCUT2D eigenvalue weighted by Crippen LogP contribution is -2.48. The first-order valence-corrected chi connectivity index (χ1v) is 10.1. The molecule has 1 aromatic carbocycles. The maximum atomic E-state index is 11.5. The highest BCUT2D eigenvalue weighted by molar-refractivity contribution is 5.73. The van der Waals surface area contributed by atoms with E-state index in [1.807, 2.05) is 11.0 Å². The minimum Gasteiger partial charge on any atom is -0.372 e. The second-order valence-electron chi connectivity index (χ2n) is 7.47. The zero-order chi connectivity index (χ0) is 19.3. The van der Waals surface area contributed by atoms with Crippen LogP contribution in [0.3, 0.4) is 0 Å². The Kier molecular flexibility index (Phi) is 5.60. The van der Waals surface area contributed by atoms with Crippen molar-refractivity contribution in [2.75, 3.05) is 54.4 Å². The largest absolute Gasteiger partial charge is 0.372 e. The molecule has 7 nitrogen and oxygen atoms in total. The molecule has 1 N–H and O–H groups in total. The zero-order valence-electron chi connectivity index (χ0n) is 16.5. The van der Waals surface area contributed by atoms with E-state index in [1.54, 1.807) is 13.3 Å². The summed E-state index contributed by atoms with van der Waals surface area (Å²) in [6.07, 6.45) is 5.50. The molecule has 2 aliphatic heterocycles. The SMILES string of the molecule is CC(=O)N1CCN(c2cc(Nc3ccc(N4CCCCC4)cc3)ncn2)CC1. The first-order valence-electron chi connectivity index (χ1n) is 10.1. The minimum absolute atomic E-state index is 0.137. The summed E-state index contributed by atoms with van der Waals surface area (Å²) in [5, 5.41) is 3.38. The van der Waals surface area contributed by atoms with Crippen LogP contribution in [0.2, 0.25) is 0 Å². The average molecular weight is 380 g/mol. The molecule has 0 atom stereocenters. The normalized spacial score (nSPS) is 17.5. The van der Waals surface area contributed by atoms with E-state index in [9.17, 15) is 4.79 Å². The molecule has 1 aromatic heterocycles. The van der Waals surface area contributed by atoms with Gasteiger partial charge in [-0.3, -0.25) is 4.79 Å². The van der Waals surface area contributed by atoms with Crippen LogP contribution >= 0.6 is 0 Å². The molecular weight excluding hydrogens is 352 g/mol. The number of amides is 1. The third kappa shape index (κ3) is 4.35. The van der Waals surface area contributed by atoms with Crippen LogP contribution in [-0.2, 0) is 4.79 Å². The molecule has 1 amide bonds. The van der Waals surface area contributed by atoms with Gasteiger partial charge in [-0.25, -0.2) is 9.97 Å². The number of piperidine rings is 1. The van der Waals surface area contributed by atoms with Gasteiger partial charge < -0.3 is 20.0 Å². The molecular formula is C21H28N6O. The van der Waals surface area contributed by atoms with Crippen LogP contribution in [0.25, 0.3) is 0 Å². The number of piperazine rings is 1. The van der Waals surface area contributed by atoms with Crippen LogP contribution in [0, 0.1) is 0 Å². The first kappa shape index (κ1) is 18.5. The van der Waals surface area contributed by atoms with Crippen molar-refractivity contribution in [3.8, 4) is 0 Å². The quantitative estimate of drug-likeness (QED) is 0.880. The fourth-order valence-electron chi connectivity index (χ4n) is 3.89. The number of aromatic nitrogens is 2. The molecule has 0 saturated carbocycles. The van der Waals surface area contributed by atoms with Crippen LogP contribution in [0.15, 0.2) is 36.7 Å². The zero-order valence-corrected chi connectivity index (χ0v) is 16.5. The van der Waals surface area contributed by atoms with Crippen molar-refractivity contribution in [2.24, 2.45) is 0 Å². The van der Waals surface area contributed by atoms with E-state index in [4.69, 9.17) is 0 Å². The fourth-order valence-corrected chi connectivity index (χ4v) is 3.89. The summed E-state index contributed by atoms with van der Waals surface area (Å²) >= 11 is 0. The number of nitrogens with zero attached hydrogens (tertiary/aromatic N) is 5. The minimum atomic E-state index is 0.137. The summed E-state index contributed by atoms with van der Waals surface area (Å²) in [6, 6.07) is 10.5. The van der Waals surface area contributed by atoms with E-state index in [0.717, 1.165) is 56.6 Å². The van der Waals surface area contributed by atoms with Crippen molar-refractivity contribution in [1.29, 1.82) is 0 Å². The Balaban J connectivity index is 1.39. The molecule has 148 valence electrons. The van der Waals surface area contributed by atoms with E-state index in [-0.39, 0.29) is 5.91 Å². The molecule has 2 fully saturated rings. The number of hydrogen-bond acceptors (Lipinski definition) is 6. The van der Waals surface area contributed by atoms with Gasteiger partial charge in [-0.2, -0.15) is 0 Å². The summed E-state index contributed by atoms with van der Waals surface area (Å²) in [5.41, 5.74) is 2.31. The Morgan fingerprint density at radius 2 is 1.61 bits per heavy atom. The van der Waals surface area contributed by atoms with Crippen molar-refractivity contribution in [1.82, 2.24) is 14.9 Å². The highest BCUT2D eigenvalue weighted by Crippen LogP contribution is 2.24. The van der Waals surface area contributed by atoms with Crippen molar-refractivity contribution < 1.29 is 4.79 Å². The Morgan fingerprint density at radius 1 is 0.893 bits per heavy atom. The lowest BCUT2D eigenvalue weighted by atomic mass is 10.1. The second-order valence-corrected chi connectivity index (χ2v) is 7.47. The number of anilines is 4. The second kappa shape index (κ2) is 8.46. The van der Waals surface area contributed by atoms with Gasteiger partial charge in [0.15, 0.2) is 0 Å². The van der Waals surface area contributed by atoms with Crippen LogP contribution in [0.5, 0.6) is 0 Å². The third-order valence-corrected chi connectivity index (χ3v) is 5.56. The van der Waals surface area contributed by atoms with Crippen LogP contribution in [-0.4, -0.2) is 60.0 Å². The van der Waals surface area contributed by atoms with Gasteiger partial charge in [-0.05, 0) is 43.5 Å². The molecule has 4 rings (SSSR count). The number of carbonyl (C=O) groups is 1. The highest BCUT2D eigenvalue weighted by atomic mass is 16.2. The van der Waals surface area contributed by atoms with E-state index >= 15 is 0 Å². The molecule has 0 bridgehead atoms. The van der Waals surface area contributed by atoms with Crippen molar-refractivity contribution >= 4 is 28.9 Å². The summed E-state index contributed by atoms with van der Waals surface area (Å²) in [7, 11) is 0. The third-order valence-electron chi connectivity index (χ3n) is 5.56. The molecule has 2 saturated heterocycles. The van der Waals surface area contributed by atoms with Crippen molar-refractivity contribution in [3.63, 3.8) is 0 Å². The molecule has 0 spiro atoms. The lowest BCUT2D eigenvalue weighted by Gasteiger charge is -2.34. The molecule has 3 heterocycles. The first-order chi connectivity index (χ1) is 13.7. The summed E-state index contributed by atoms with van der Waals surface area (Å²) in [5.74, 6) is 1.81. The van der Waals surface area contributed by atoms with Crippen LogP contribution in [0.4, 0.5) is 23.0 Å². The molecule has 28 heavy (non-hydrogen) atoms. The number of hydrogen-bond donors (Lipinski definition) is 1. The Bertz CT molecular complexity index is 795. The number of carbonyl (C=O) groups excluding carboxylic acids is 1. The van der Waals surface area contributed by atoms with Crippen molar-refractivity contribution in [2.45, 2.75) is 26.2 Å². The van der Waals surface area contributed by atoms with Crippen LogP contribution < -0.4 is 15.1 Å².